The second kappa shape index (κ2) is 5.19. The average Bonchev–Trinajstić information content (AvgIpc) is 2.68. The van der Waals surface area contributed by atoms with E-state index in [1.165, 1.54) is 13.0 Å². The fourth-order valence-electron chi connectivity index (χ4n) is 2.50. The summed E-state index contributed by atoms with van der Waals surface area (Å²) in [6.45, 7) is 6.54. The van der Waals surface area contributed by atoms with Gasteiger partial charge >= 0.3 is 0 Å². The first kappa shape index (κ1) is 15.0. The largest absolute Gasteiger partial charge is 0.455 e. The number of rotatable bonds is 2. The molecule has 2 unspecified atom stereocenters. The van der Waals surface area contributed by atoms with Gasteiger partial charge in [0.25, 0.3) is 5.91 Å². The first-order valence-electron chi connectivity index (χ1n) is 6.37. The van der Waals surface area contributed by atoms with E-state index < -0.39 is 10.0 Å². The Labute approximate surface area is 118 Å². The Morgan fingerprint density at radius 3 is 2.40 bits per heavy atom. The molecule has 0 aromatic carbocycles. The van der Waals surface area contributed by atoms with Crippen LogP contribution >= 0.6 is 0 Å². The Hall–Kier alpha value is -1.38. The minimum Gasteiger partial charge on any atom is -0.455 e. The molecule has 1 aliphatic heterocycles. The maximum absolute atomic E-state index is 12.4. The molecular formula is C12H19N3O4S. The molecule has 8 heteroatoms. The SMILES string of the molecule is Cc1oc(C(=O)N2CC(C)NC(C)C2)cc1S(N)(=O)=O. The summed E-state index contributed by atoms with van der Waals surface area (Å²) in [5, 5.41) is 8.39. The topological polar surface area (TPSA) is 106 Å². The maximum Gasteiger partial charge on any atom is 0.289 e. The van der Waals surface area contributed by atoms with Crippen LogP contribution in [0.3, 0.4) is 0 Å². The van der Waals surface area contributed by atoms with Crippen molar-refractivity contribution in [1.82, 2.24) is 10.2 Å². The molecule has 1 aliphatic rings. The lowest BCUT2D eigenvalue weighted by Gasteiger charge is -2.35. The van der Waals surface area contributed by atoms with Gasteiger partial charge in [-0.05, 0) is 20.8 Å². The highest BCUT2D eigenvalue weighted by atomic mass is 32.2. The second-order valence-electron chi connectivity index (χ2n) is 5.25. The van der Waals surface area contributed by atoms with Crippen LogP contribution in [0.25, 0.3) is 0 Å². The Bertz CT molecular complexity index is 613. The summed E-state index contributed by atoms with van der Waals surface area (Å²) in [5.74, 6) is -0.178. The molecule has 1 saturated heterocycles. The van der Waals surface area contributed by atoms with Crippen LogP contribution < -0.4 is 10.5 Å². The summed E-state index contributed by atoms with van der Waals surface area (Å²) in [7, 11) is -3.88. The average molecular weight is 301 g/mol. The predicted octanol–water partition coefficient (Wildman–Crippen LogP) is 0.0578. The van der Waals surface area contributed by atoms with Gasteiger partial charge in [0.15, 0.2) is 5.76 Å². The molecule has 1 aromatic heterocycles. The van der Waals surface area contributed by atoms with E-state index in [0.29, 0.717) is 13.1 Å². The molecule has 2 rings (SSSR count). The first-order valence-corrected chi connectivity index (χ1v) is 7.91. The molecule has 0 spiro atoms. The molecule has 3 N–H and O–H groups in total. The van der Waals surface area contributed by atoms with E-state index in [2.05, 4.69) is 5.32 Å². The monoisotopic (exact) mass is 301 g/mol. The highest BCUT2D eigenvalue weighted by Gasteiger charge is 2.29. The van der Waals surface area contributed by atoms with Gasteiger partial charge in [0.2, 0.25) is 10.0 Å². The fraction of sp³-hybridized carbons (Fsp3) is 0.583. The van der Waals surface area contributed by atoms with Crippen molar-refractivity contribution < 1.29 is 17.6 Å². The predicted molar refractivity (Wildman–Crippen MR) is 72.8 cm³/mol. The Balaban J connectivity index is 2.26. The van der Waals surface area contributed by atoms with Crippen molar-refractivity contribution in [3.63, 3.8) is 0 Å². The number of nitrogens with one attached hydrogen (secondary N) is 1. The molecule has 7 nitrogen and oxygen atoms in total. The van der Waals surface area contributed by atoms with E-state index in [1.54, 1.807) is 4.90 Å². The minimum atomic E-state index is -3.88. The number of primary sulfonamides is 1. The molecule has 0 saturated carbocycles. The van der Waals surface area contributed by atoms with Crippen LogP contribution in [0, 0.1) is 6.92 Å². The van der Waals surface area contributed by atoms with E-state index in [0.717, 1.165) is 0 Å². The Kier molecular flexibility index (Phi) is 3.90. The first-order chi connectivity index (χ1) is 9.18. The van der Waals surface area contributed by atoms with Crippen molar-refractivity contribution in [2.75, 3.05) is 13.1 Å². The van der Waals surface area contributed by atoms with Gasteiger partial charge in [-0.15, -0.1) is 0 Å². The molecular weight excluding hydrogens is 282 g/mol. The number of sulfonamides is 1. The number of carbonyl (C=O) groups is 1. The van der Waals surface area contributed by atoms with Crippen LogP contribution in [0.1, 0.15) is 30.2 Å². The molecule has 0 radical (unpaired) electrons. The number of hydrogen-bond donors (Lipinski definition) is 2. The standard InChI is InChI=1S/C12H19N3O4S/c1-7-5-15(6-8(2)14-7)12(16)10-4-11(9(3)19-10)20(13,17)18/h4,7-8,14H,5-6H2,1-3H3,(H2,13,17,18). The van der Waals surface area contributed by atoms with Crippen molar-refractivity contribution in [3.8, 4) is 0 Å². The number of nitrogens with zero attached hydrogens (tertiary/aromatic N) is 1. The van der Waals surface area contributed by atoms with Gasteiger partial charge in [0.05, 0.1) is 0 Å². The van der Waals surface area contributed by atoms with Gasteiger partial charge in [-0.25, -0.2) is 13.6 Å². The van der Waals surface area contributed by atoms with E-state index in [-0.39, 0.29) is 34.4 Å². The molecule has 1 aromatic rings. The summed E-state index contributed by atoms with van der Waals surface area (Å²) in [5.41, 5.74) is 0. The summed E-state index contributed by atoms with van der Waals surface area (Å²) in [4.78, 5) is 13.9. The maximum atomic E-state index is 12.4. The zero-order valence-electron chi connectivity index (χ0n) is 11.7. The van der Waals surface area contributed by atoms with Crippen LogP contribution in [-0.2, 0) is 10.0 Å². The van der Waals surface area contributed by atoms with Crippen LogP contribution in [0.5, 0.6) is 0 Å². The van der Waals surface area contributed by atoms with Crippen molar-refractivity contribution in [1.29, 1.82) is 0 Å². The normalized spacial score (nSPS) is 23.9. The third kappa shape index (κ3) is 3.02. The highest BCUT2D eigenvalue weighted by Crippen LogP contribution is 2.20. The van der Waals surface area contributed by atoms with Crippen molar-refractivity contribution in [2.45, 2.75) is 37.8 Å². The summed E-state index contributed by atoms with van der Waals surface area (Å²) in [6, 6.07) is 1.55. The molecule has 20 heavy (non-hydrogen) atoms. The second-order valence-corrected chi connectivity index (χ2v) is 6.78. The molecule has 1 amide bonds. The smallest absolute Gasteiger partial charge is 0.289 e. The van der Waals surface area contributed by atoms with E-state index in [4.69, 9.17) is 9.56 Å². The molecule has 112 valence electrons. The number of nitrogens with two attached hydrogens (primary N) is 1. The quantitative estimate of drug-likeness (QED) is 0.803. The van der Waals surface area contributed by atoms with Gasteiger partial charge in [-0.2, -0.15) is 0 Å². The third-order valence-corrected chi connectivity index (χ3v) is 4.25. The van der Waals surface area contributed by atoms with Crippen LogP contribution in [-0.4, -0.2) is 44.4 Å². The molecule has 2 heterocycles. The molecule has 0 bridgehead atoms. The van der Waals surface area contributed by atoms with Crippen molar-refractivity contribution in [2.24, 2.45) is 5.14 Å². The summed E-state index contributed by atoms with van der Waals surface area (Å²) < 4.78 is 28.0. The van der Waals surface area contributed by atoms with Gasteiger partial charge in [0, 0.05) is 31.2 Å². The van der Waals surface area contributed by atoms with E-state index in [1.807, 2.05) is 13.8 Å². The van der Waals surface area contributed by atoms with Crippen molar-refractivity contribution >= 4 is 15.9 Å². The van der Waals surface area contributed by atoms with E-state index in [9.17, 15) is 13.2 Å². The number of furan rings is 1. The van der Waals surface area contributed by atoms with Gasteiger partial charge < -0.3 is 14.6 Å². The van der Waals surface area contributed by atoms with Gasteiger partial charge in [-0.1, -0.05) is 0 Å². The van der Waals surface area contributed by atoms with Crippen molar-refractivity contribution in [3.05, 3.63) is 17.6 Å². The lowest BCUT2D eigenvalue weighted by Crippen LogP contribution is -2.55. The Morgan fingerprint density at radius 2 is 1.95 bits per heavy atom. The lowest BCUT2D eigenvalue weighted by molar-refractivity contribution is 0.0640. The fourth-order valence-corrected chi connectivity index (χ4v) is 3.22. The van der Waals surface area contributed by atoms with Crippen LogP contribution in [0.15, 0.2) is 15.4 Å². The molecule has 0 aliphatic carbocycles. The number of amides is 1. The summed E-state index contributed by atoms with van der Waals surface area (Å²) >= 11 is 0. The third-order valence-electron chi connectivity index (χ3n) is 3.23. The zero-order valence-corrected chi connectivity index (χ0v) is 12.5. The van der Waals surface area contributed by atoms with E-state index >= 15 is 0 Å². The summed E-state index contributed by atoms with van der Waals surface area (Å²) in [6.07, 6.45) is 0. The van der Waals surface area contributed by atoms with Gasteiger partial charge in [-0.3, -0.25) is 4.79 Å². The number of aryl methyl sites for hydroxylation is 1. The number of hydrogen-bond acceptors (Lipinski definition) is 5. The number of carbonyl (C=O) groups excluding carboxylic acids is 1. The van der Waals surface area contributed by atoms with Gasteiger partial charge in [0.1, 0.15) is 10.7 Å². The zero-order chi connectivity index (χ0) is 15.1. The molecule has 2 atom stereocenters. The highest BCUT2D eigenvalue weighted by molar-refractivity contribution is 7.89. The van der Waals surface area contributed by atoms with Crippen LogP contribution in [0.2, 0.25) is 0 Å². The minimum absolute atomic E-state index is 0.00725. The molecule has 1 fully saturated rings. The Morgan fingerprint density at radius 1 is 1.40 bits per heavy atom. The lowest BCUT2D eigenvalue weighted by atomic mass is 10.1. The number of piperazine rings is 1. The van der Waals surface area contributed by atoms with Crippen LogP contribution in [0.4, 0.5) is 0 Å².